The summed E-state index contributed by atoms with van der Waals surface area (Å²) >= 11 is 0. The quantitative estimate of drug-likeness (QED) is 0.549. The van der Waals surface area contributed by atoms with Gasteiger partial charge in [-0.3, -0.25) is 9.29 Å². The number of aromatic nitrogens is 3. The van der Waals surface area contributed by atoms with E-state index in [1.54, 1.807) is 54.0 Å². The summed E-state index contributed by atoms with van der Waals surface area (Å²) in [6.45, 7) is 2.23. The highest BCUT2D eigenvalue weighted by atomic mass is 32.2. The summed E-state index contributed by atoms with van der Waals surface area (Å²) in [6.07, 6.45) is 1.32. The monoisotopic (exact) mass is 458 g/mol. The summed E-state index contributed by atoms with van der Waals surface area (Å²) in [6, 6.07) is 14.3. The Morgan fingerprint density at radius 1 is 1.06 bits per heavy atom. The highest BCUT2D eigenvalue weighted by Crippen LogP contribution is 2.39. The lowest BCUT2D eigenvalue weighted by molar-refractivity contribution is 0.103. The van der Waals surface area contributed by atoms with Crippen LogP contribution in [-0.2, 0) is 14.8 Å². The zero-order valence-corrected chi connectivity index (χ0v) is 19.0. The van der Waals surface area contributed by atoms with Crippen molar-refractivity contribution >= 4 is 16.0 Å². The van der Waals surface area contributed by atoms with Crippen molar-refractivity contribution in [1.82, 2.24) is 14.8 Å². The number of hydrogen-bond acceptors (Lipinski definition) is 7. The standard InChI is InChI=1S/C22H26N4O5S/c1-15(16-9-5-4-6-10-16)32(27,28)25-22-24-23-21(19-13-8-14-31-19)26(22)20-17(29-2)11-7-12-18(20)30-3/h4-7,9-12,15,19H,8,13-14H2,1-3H3,(H,24,25)/t15?,19-/m1/s1. The van der Waals surface area contributed by atoms with Crippen molar-refractivity contribution in [2.75, 3.05) is 25.5 Å². The molecule has 1 aromatic heterocycles. The van der Waals surface area contributed by atoms with Crippen LogP contribution in [-0.4, -0.2) is 44.0 Å². The third kappa shape index (κ3) is 4.15. The van der Waals surface area contributed by atoms with E-state index in [2.05, 4.69) is 14.9 Å². The van der Waals surface area contributed by atoms with Crippen LogP contribution < -0.4 is 14.2 Å². The maximum Gasteiger partial charge on any atom is 0.243 e. The smallest absolute Gasteiger partial charge is 0.243 e. The summed E-state index contributed by atoms with van der Waals surface area (Å²) < 4.78 is 47.7. The molecule has 1 saturated heterocycles. The Morgan fingerprint density at radius 3 is 2.34 bits per heavy atom. The van der Waals surface area contributed by atoms with Crippen molar-refractivity contribution in [3.05, 3.63) is 59.9 Å². The molecule has 2 heterocycles. The van der Waals surface area contributed by atoms with Crippen molar-refractivity contribution in [3.63, 3.8) is 0 Å². The largest absolute Gasteiger partial charge is 0.494 e. The van der Waals surface area contributed by atoms with Crippen molar-refractivity contribution < 1.29 is 22.6 Å². The van der Waals surface area contributed by atoms with E-state index in [4.69, 9.17) is 14.2 Å². The number of hydrogen-bond donors (Lipinski definition) is 1. The lowest BCUT2D eigenvalue weighted by Gasteiger charge is -2.20. The number of sulfonamides is 1. The summed E-state index contributed by atoms with van der Waals surface area (Å²) in [5.41, 5.74) is 1.17. The molecule has 32 heavy (non-hydrogen) atoms. The molecule has 0 radical (unpaired) electrons. The van der Waals surface area contributed by atoms with E-state index < -0.39 is 15.3 Å². The van der Waals surface area contributed by atoms with Gasteiger partial charge in [-0.05, 0) is 37.5 Å². The van der Waals surface area contributed by atoms with E-state index in [0.29, 0.717) is 35.2 Å². The molecular formula is C22H26N4O5S. The lowest BCUT2D eigenvalue weighted by Crippen LogP contribution is -2.22. The van der Waals surface area contributed by atoms with Crippen molar-refractivity contribution in [2.45, 2.75) is 31.1 Å². The Bertz CT molecular complexity index is 1150. The van der Waals surface area contributed by atoms with Gasteiger partial charge >= 0.3 is 0 Å². The first-order valence-electron chi connectivity index (χ1n) is 10.3. The zero-order chi connectivity index (χ0) is 22.7. The van der Waals surface area contributed by atoms with Gasteiger partial charge in [0.15, 0.2) is 5.82 Å². The third-order valence-electron chi connectivity index (χ3n) is 5.50. The molecule has 170 valence electrons. The van der Waals surface area contributed by atoms with Gasteiger partial charge < -0.3 is 14.2 Å². The van der Waals surface area contributed by atoms with Gasteiger partial charge in [0.1, 0.15) is 28.5 Å². The van der Waals surface area contributed by atoms with Crippen molar-refractivity contribution in [2.24, 2.45) is 0 Å². The fourth-order valence-corrected chi connectivity index (χ4v) is 4.82. The molecule has 3 aromatic rings. The van der Waals surface area contributed by atoms with Crippen LogP contribution in [0.3, 0.4) is 0 Å². The molecule has 1 aliphatic heterocycles. The van der Waals surface area contributed by atoms with Crippen molar-refractivity contribution in [3.8, 4) is 17.2 Å². The number of nitrogens with zero attached hydrogens (tertiary/aromatic N) is 3. The first kappa shape index (κ1) is 22.1. The number of rotatable bonds is 8. The predicted octanol–water partition coefficient (Wildman–Crippen LogP) is 3.64. The minimum atomic E-state index is -3.84. The van der Waals surface area contributed by atoms with Gasteiger partial charge in [-0.25, -0.2) is 8.42 Å². The minimum Gasteiger partial charge on any atom is -0.494 e. The van der Waals surface area contributed by atoms with E-state index in [9.17, 15) is 8.42 Å². The molecule has 1 fully saturated rings. The molecule has 2 aromatic carbocycles. The van der Waals surface area contributed by atoms with Crippen molar-refractivity contribution in [1.29, 1.82) is 0 Å². The molecule has 4 rings (SSSR count). The Hall–Kier alpha value is -3.11. The molecule has 0 spiro atoms. The van der Waals surface area contributed by atoms with Crippen LogP contribution in [0.15, 0.2) is 48.5 Å². The first-order chi connectivity index (χ1) is 15.5. The number of nitrogens with one attached hydrogen (secondary N) is 1. The Kier molecular flexibility index (Phi) is 6.33. The second kappa shape index (κ2) is 9.17. The number of para-hydroxylation sites is 1. The van der Waals surface area contributed by atoms with Gasteiger partial charge in [0.2, 0.25) is 16.0 Å². The van der Waals surface area contributed by atoms with Crippen LogP contribution in [0.25, 0.3) is 5.69 Å². The highest BCUT2D eigenvalue weighted by molar-refractivity contribution is 7.92. The summed E-state index contributed by atoms with van der Waals surface area (Å²) in [5, 5.41) is 7.67. The van der Waals surface area contributed by atoms with Gasteiger partial charge in [0.05, 0.1) is 14.2 Å². The topological polar surface area (TPSA) is 105 Å². The fraction of sp³-hybridized carbons (Fsp3) is 0.364. The molecule has 1 N–H and O–H groups in total. The van der Waals surface area contributed by atoms with E-state index in [1.165, 1.54) is 14.2 Å². The number of benzene rings is 2. The summed E-state index contributed by atoms with van der Waals surface area (Å²) in [7, 11) is -0.767. The predicted molar refractivity (Wildman–Crippen MR) is 120 cm³/mol. The second-order valence-electron chi connectivity index (χ2n) is 7.43. The Morgan fingerprint density at radius 2 is 1.75 bits per heavy atom. The number of methoxy groups -OCH3 is 2. The highest BCUT2D eigenvalue weighted by Gasteiger charge is 2.32. The van der Waals surface area contributed by atoms with E-state index in [1.807, 2.05) is 6.07 Å². The third-order valence-corrected chi connectivity index (χ3v) is 7.17. The molecule has 0 bridgehead atoms. The molecule has 1 unspecified atom stereocenters. The van der Waals surface area contributed by atoms with E-state index >= 15 is 0 Å². The van der Waals surface area contributed by atoms with Gasteiger partial charge in [-0.1, -0.05) is 36.4 Å². The van der Waals surface area contributed by atoms with Crippen LogP contribution in [0.4, 0.5) is 5.95 Å². The van der Waals surface area contributed by atoms with Crippen LogP contribution in [0, 0.1) is 0 Å². The first-order valence-corrected chi connectivity index (χ1v) is 11.9. The van der Waals surface area contributed by atoms with Gasteiger partial charge in [0.25, 0.3) is 0 Å². The van der Waals surface area contributed by atoms with Crippen LogP contribution in [0.2, 0.25) is 0 Å². The number of anilines is 1. The van der Waals surface area contributed by atoms with E-state index in [-0.39, 0.29) is 12.1 Å². The molecule has 0 saturated carbocycles. The molecular weight excluding hydrogens is 432 g/mol. The van der Waals surface area contributed by atoms with Crippen LogP contribution >= 0.6 is 0 Å². The Labute approximate surface area is 187 Å². The van der Waals surface area contributed by atoms with Gasteiger partial charge in [-0.2, -0.15) is 0 Å². The molecule has 9 nitrogen and oxygen atoms in total. The molecule has 0 aliphatic carbocycles. The normalized spacial score (nSPS) is 17.2. The van der Waals surface area contributed by atoms with E-state index in [0.717, 1.165) is 12.8 Å². The maximum absolute atomic E-state index is 13.2. The average Bonchev–Trinajstić information content (AvgIpc) is 3.48. The Balaban J connectivity index is 1.83. The second-order valence-corrected chi connectivity index (χ2v) is 9.43. The maximum atomic E-state index is 13.2. The molecule has 0 amide bonds. The van der Waals surface area contributed by atoms with Crippen LogP contribution in [0.1, 0.15) is 42.5 Å². The SMILES string of the molecule is COc1cccc(OC)c1-n1c(NS(=O)(=O)C(C)c2ccccc2)nnc1[C@H]1CCCO1. The number of ether oxygens (including phenoxy) is 3. The lowest BCUT2D eigenvalue weighted by atomic mass is 10.2. The van der Waals surface area contributed by atoms with Gasteiger partial charge in [-0.15, -0.1) is 10.2 Å². The van der Waals surface area contributed by atoms with Gasteiger partial charge in [0, 0.05) is 6.61 Å². The molecule has 2 atom stereocenters. The zero-order valence-electron chi connectivity index (χ0n) is 18.2. The summed E-state index contributed by atoms with van der Waals surface area (Å²) in [5.74, 6) is 1.50. The fourth-order valence-electron chi connectivity index (χ4n) is 3.74. The molecule has 1 aliphatic rings. The minimum absolute atomic E-state index is 0.0427. The average molecular weight is 459 g/mol. The summed E-state index contributed by atoms with van der Waals surface area (Å²) in [4.78, 5) is 0. The molecule has 10 heteroatoms. The van der Waals surface area contributed by atoms with Crippen LogP contribution in [0.5, 0.6) is 11.5 Å².